The lowest BCUT2D eigenvalue weighted by Crippen LogP contribution is -2.49. The summed E-state index contributed by atoms with van der Waals surface area (Å²) in [5.41, 5.74) is 1.08. The third kappa shape index (κ3) is 6.05. The molecule has 0 radical (unpaired) electrons. The van der Waals surface area contributed by atoms with Crippen LogP contribution >= 0.6 is 0 Å². The fraction of sp³-hybridized carbons (Fsp3) is 0.379. The Balaban J connectivity index is 1.24. The second-order valence-corrected chi connectivity index (χ2v) is 10.4. The average molecular weight is 549 g/mol. The Hall–Kier alpha value is -4.09. The fourth-order valence-electron chi connectivity index (χ4n) is 4.84. The second kappa shape index (κ2) is 11.6. The molecule has 210 valence electrons. The van der Waals surface area contributed by atoms with E-state index in [1.807, 2.05) is 38.1 Å². The highest BCUT2D eigenvalue weighted by Crippen LogP contribution is 2.25. The summed E-state index contributed by atoms with van der Waals surface area (Å²) in [6.45, 7) is 6.01. The molecule has 1 aliphatic rings. The van der Waals surface area contributed by atoms with E-state index in [1.54, 1.807) is 9.58 Å². The van der Waals surface area contributed by atoms with Crippen molar-refractivity contribution in [3.8, 4) is 5.69 Å². The Morgan fingerprint density at radius 1 is 1.12 bits per heavy atom. The first-order valence-electron chi connectivity index (χ1n) is 13.4. The summed E-state index contributed by atoms with van der Waals surface area (Å²) in [6.07, 6.45) is 3.71. The molecule has 4 aromatic rings. The number of rotatable bonds is 9. The number of benzene rings is 2. The highest BCUT2D eigenvalue weighted by molar-refractivity contribution is 5.94. The highest BCUT2D eigenvalue weighted by atomic mass is 19.1. The Kier molecular flexibility index (Phi) is 7.95. The number of nitrogens with one attached hydrogen (secondary N) is 1. The maximum absolute atomic E-state index is 13.3. The minimum Gasteiger partial charge on any atom is -0.388 e. The maximum Gasteiger partial charge on any atom is 0.264 e. The summed E-state index contributed by atoms with van der Waals surface area (Å²) >= 11 is 0. The van der Waals surface area contributed by atoms with E-state index in [0.29, 0.717) is 55.7 Å². The number of amides is 1. The summed E-state index contributed by atoms with van der Waals surface area (Å²) in [7, 11) is 0. The number of likely N-dealkylation sites (tertiary alicyclic amines) is 1. The van der Waals surface area contributed by atoms with Crippen LogP contribution in [-0.4, -0.2) is 73.2 Å². The number of ether oxygens (including phenoxy) is 1. The van der Waals surface area contributed by atoms with Crippen LogP contribution in [0.15, 0.2) is 65.8 Å². The number of anilines is 1. The lowest BCUT2D eigenvalue weighted by molar-refractivity contribution is -0.0299. The highest BCUT2D eigenvalue weighted by Gasteiger charge is 2.35. The van der Waals surface area contributed by atoms with E-state index in [1.165, 1.54) is 41.4 Å². The number of carbonyl (C=O) groups is 1. The number of carbonyl (C=O) groups excluding carboxylic acids is 1. The Morgan fingerprint density at radius 3 is 2.50 bits per heavy atom. The molecule has 1 saturated heterocycles. The molecule has 1 fully saturated rings. The van der Waals surface area contributed by atoms with Gasteiger partial charge in [-0.15, -0.1) is 0 Å². The first kappa shape index (κ1) is 27.5. The van der Waals surface area contributed by atoms with Gasteiger partial charge in [-0.2, -0.15) is 5.10 Å². The molecule has 5 rings (SSSR count). The van der Waals surface area contributed by atoms with Crippen molar-refractivity contribution in [3.05, 3.63) is 82.8 Å². The first-order valence-corrected chi connectivity index (χ1v) is 13.4. The van der Waals surface area contributed by atoms with Crippen LogP contribution in [-0.2, 0) is 11.3 Å². The first-order chi connectivity index (χ1) is 19.2. The van der Waals surface area contributed by atoms with Crippen LogP contribution in [0.1, 0.15) is 37.0 Å². The molecule has 0 bridgehead atoms. The summed E-state index contributed by atoms with van der Waals surface area (Å²) in [4.78, 5) is 32.1. The normalized spacial score (nSPS) is 15.1. The van der Waals surface area contributed by atoms with Crippen molar-refractivity contribution < 1.29 is 19.0 Å². The van der Waals surface area contributed by atoms with Crippen LogP contribution in [0.3, 0.4) is 0 Å². The molecule has 2 N–H and O–H groups in total. The monoisotopic (exact) mass is 548 g/mol. The van der Waals surface area contributed by atoms with Crippen LogP contribution in [0, 0.1) is 5.82 Å². The number of aromatic nitrogens is 4. The van der Waals surface area contributed by atoms with Gasteiger partial charge in [-0.25, -0.2) is 14.1 Å². The van der Waals surface area contributed by atoms with Crippen molar-refractivity contribution in [3.63, 3.8) is 0 Å². The van der Waals surface area contributed by atoms with Gasteiger partial charge in [-0.3, -0.25) is 14.2 Å². The molecule has 0 saturated carbocycles. The molecule has 2 aromatic heterocycles. The molecule has 10 nitrogen and oxygen atoms in total. The number of hydrogen-bond acceptors (Lipinski definition) is 7. The molecular formula is C29H33FN6O4. The quantitative estimate of drug-likeness (QED) is 0.309. The zero-order valence-electron chi connectivity index (χ0n) is 22.6. The Bertz CT molecular complexity index is 1520. The van der Waals surface area contributed by atoms with Gasteiger partial charge in [0.2, 0.25) is 0 Å². The third-order valence-electron chi connectivity index (χ3n) is 7.09. The van der Waals surface area contributed by atoms with E-state index in [4.69, 9.17) is 4.74 Å². The molecule has 0 unspecified atom stereocenters. The summed E-state index contributed by atoms with van der Waals surface area (Å²) in [5, 5.41) is 19.3. The zero-order valence-corrected chi connectivity index (χ0v) is 22.6. The smallest absolute Gasteiger partial charge is 0.264 e. The van der Waals surface area contributed by atoms with Gasteiger partial charge >= 0.3 is 0 Å². The molecule has 0 spiro atoms. The molecule has 3 heterocycles. The minimum absolute atomic E-state index is 0.0550. The van der Waals surface area contributed by atoms with Gasteiger partial charge in [0.25, 0.3) is 11.5 Å². The van der Waals surface area contributed by atoms with E-state index >= 15 is 0 Å². The standard InChI is InChI=1S/C29H33FN6O4/c1-20(2)40-16-13-31-23-7-9-24(10-8-23)36-26-25(17-33-36)28(38)35(19-32-26)18-29(39)11-14-34(15-12-29)27(37)21-3-5-22(30)6-4-21/h3-10,17,19-20,31,39H,11-16,18H2,1-2H3. The van der Waals surface area contributed by atoms with Crippen molar-refractivity contribution in [1.82, 2.24) is 24.2 Å². The maximum atomic E-state index is 13.3. The Labute approximate surface area is 231 Å². The molecule has 1 amide bonds. The van der Waals surface area contributed by atoms with Crippen molar-refractivity contribution >= 4 is 22.6 Å². The lowest BCUT2D eigenvalue weighted by atomic mass is 9.91. The largest absolute Gasteiger partial charge is 0.388 e. The number of nitrogens with zero attached hydrogens (tertiary/aromatic N) is 5. The van der Waals surface area contributed by atoms with E-state index in [0.717, 1.165) is 11.4 Å². The van der Waals surface area contributed by atoms with Crippen molar-refractivity contribution in [1.29, 1.82) is 0 Å². The van der Waals surface area contributed by atoms with Crippen molar-refractivity contribution in [2.45, 2.75) is 44.9 Å². The topological polar surface area (TPSA) is 115 Å². The van der Waals surface area contributed by atoms with Crippen LogP contribution in [0.5, 0.6) is 0 Å². The Morgan fingerprint density at radius 2 is 1.82 bits per heavy atom. The van der Waals surface area contributed by atoms with Gasteiger partial charge in [0.05, 0.1) is 36.7 Å². The molecule has 0 aliphatic carbocycles. The van der Waals surface area contributed by atoms with E-state index < -0.39 is 11.4 Å². The number of piperidine rings is 1. The van der Waals surface area contributed by atoms with Gasteiger partial charge < -0.3 is 20.1 Å². The summed E-state index contributed by atoms with van der Waals surface area (Å²) in [5.74, 6) is -0.612. The van der Waals surface area contributed by atoms with Crippen LogP contribution in [0.2, 0.25) is 0 Å². The van der Waals surface area contributed by atoms with E-state index in [9.17, 15) is 19.1 Å². The number of fused-ring (bicyclic) bond motifs is 1. The number of hydrogen-bond donors (Lipinski definition) is 2. The lowest BCUT2D eigenvalue weighted by Gasteiger charge is -2.38. The van der Waals surface area contributed by atoms with Gasteiger partial charge in [-0.05, 0) is 75.2 Å². The van der Waals surface area contributed by atoms with Crippen LogP contribution in [0.4, 0.5) is 10.1 Å². The number of aliphatic hydroxyl groups is 1. The molecule has 2 aromatic carbocycles. The van der Waals surface area contributed by atoms with Crippen molar-refractivity contribution in [2.75, 3.05) is 31.6 Å². The fourth-order valence-corrected chi connectivity index (χ4v) is 4.84. The van der Waals surface area contributed by atoms with E-state index in [2.05, 4.69) is 15.4 Å². The molecule has 11 heteroatoms. The summed E-state index contributed by atoms with van der Waals surface area (Å²) < 4.78 is 21.8. The van der Waals surface area contributed by atoms with Crippen LogP contribution in [0.25, 0.3) is 16.7 Å². The predicted octanol–water partition coefficient (Wildman–Crippen LogP) is 3.23. The molecule has 1 aliphatic heterocycles. The number of halogens is 1. The van der Waals surface area contributed by atoms with E-state index in [-0.39, 0.29) is 24.1 Å². The van der Waals surface area contributed by atoms with Crippen molar-refractivity contribution in [2.24, 2.45) is 0 Å². The van der Waals surface area contributed by atoms with Gasteiger partial charge in [0.15, 0.2) is 5.65 Å². The van der Waals surface area contributed by atoms with Crippen LogP contribution < -0.4 is 10.9 Å². The molecule has 0 atom stereocenters. The molecular weight excluding hydrogens is 515 g/mol. The SMILES string of the molecule is CC(C)OCCNc1ccc(-n2ncc3c(=O)n(CC4(O)CCN(C(=O)c5ccc(F)cc5)CC4)cnc32)cc1. The van der Waals surface area contributed by atoms with Gasteiger partial charge in [0, 0.05) is 30.9 Å². The predicted molar refractivity (Wildman–Crippen MR) is 149 cm³/mol. The molecule has 40 heavy (non-hydrogen) atoms. The van der Waals surface area contributed by atoms with Gasteiger partial charge in [-0.1, -0.05) is 0 Å². The minimum atomic E-state index is -1.17. The summed E-state index contributed by atoms with van der Waals surface area (Å²) in [6, 6.07) is 13.1. The zero-order chi connectivity index (χ0) is 28.3. The average Bonchev–Trinajstić information content (AvgIpc) is 3.38. The third-order valence-corrected chi connectivity index (χ3v) is 7.09. The second-order valence-electron chi connectivity index (χ2n) is 10.4. The van der Waals surface area contributed by atoms with Gasteiger partial charge in [0.1, 0.15) is 17.5 Å².